The van der Waals surface area contributed by atoms with Crippen LogP contribution in [0.3, 0.4) is 0 Å². The van der Waals surface area contributed by atoms with Gasteiger partial charge in [0.05, 0.1) is 24.3 Å². The molecule has 0 spiro atoms. The van der Waals surface area contributed by atoms with Crippen molar-refractivity contribution >= 4 is 30.9 Å². The smallest absolute Gasteiger partial charge is 0.527 e. The fourth-order valence-corrected chi connectivity index (χ4v) is 2.06. The van der Waals surface area contributed by atoms with Gasteiger partial charge in [0, 0.05) is 12.1 Å². The lowest BCUT2D eigenvalue weighted by molar-refractivity contribution is 0.411. The second-order valence-electron chi connectivity index (χ2n) is 4.00. The van der Waals surface area contributed by atoms with E-state index in [1.165, 1.54) is 0 Å². The van der Waals surface area contributed by atoms with E-state index in [9.17, 15) is 0 Å². The van der Waals surface area contributed by atoms with Gasteiger partial charge in [-0.1, -0.05) is 23.2 Å². The second kappa shape index (κ2) is 7.34. The highest BCUT2D eigenvalue weighted by atomic mass is 35.5. The minimum atomic E-state index is -0.0158. The Hall–Kier alpha value is -1.72. The van der Waals surface area contributed by atoms with Crippen LogP contribution < -0.4 is 18.8 Å². The summed E-state index contributed by atoms with van der Waals surface area (Å²) < 4.78 is 21.0. The molecule has 0 aliphatic rings. The van der Waals surface area contributed by atoms with E-state index in [4.69, 9.17) is 42.0 Å². The van der Waals surface area contributed by atoms with Crippen LogP contribution in [0.4, 0.5) is 0 Å². The molecule has 2 aromatic carbocycles. The van der Waals surface area contributed by atoms with Crippen molar-refractivity contribution in [2.45, 2.75) is 0 Å². The van der Waals surface area contributed by atoms with E-state index in [1.54, 1.807) is 50.6 Å². The molecule has 0 saturated carbocycles. The summed E-state index contributed by atoms with van der Waals surface area (Å²) in [6.45, 7) is 0. The first-order valence-corrected chi connectivity index (χ1v) is 6.82. The second-order valence-corrected chi connectivity index (χ2v) is 4.81. The van der Waals surface area contributed by atoms with Crippen LogP contribution in [0.25, 0.3) is 0 Å². The number of hydrogen-bond acceptors (Lipinski definition) is 4. The summed E-state index contributed by atoms with van der Waals surface area (Å²) in [6, 6.07) is 10.2. The average molecular weight is 327 g/mol. The lowest BCUT2D eigenvalue weighted by Crippen LogP contribution is -2.11. The van der Waals surface area contributed by atoms with Crippen LogP contribution in [-0.2, 0) is 0 Å². The molecule has 0 bridgehead atoms. The molecule has 0 unspecified atom stereocenters. The normalized spacial score (nSPS) is 9.90. The molecule has 7 heteroatoms. The Morgan fingerprint density at radius 1 is 0.762 bits per heavy atom. The maximum Gasteiger partial charge on any atom is 0.576 e. The van der Waals surface area contributed by atoms with E-state index >= 15 is 0 Å². The Balaban J connectivity index is 1.95. The van der Waals surface area contributed by atoms with Crippen LogP contribution in [0.2, 0.25) is 10.0 Å². The van der Waals surface area contributed by atoms with E-state index < -0.39 is 0 Å². The molecule has 4 nitrogen and oxygen atoms in total. The zero-order valence-corrected chi connectivity index (χ0v) is 13.1. The molecule has 0 radical (unpaired) electrons. The van der Waals surface area contributed by atoms with Gasteiger partial charge < -0.3 is 18.8 Å². The van der Waals surface area contributed by atoms with E-state index in [-0.39, 0.29) is 7.69 Å². The SMILES string of the molecule is COc1ccc(OBOc2ccc(OC)cc2Cl)c(Cl)c1. The average Bonchev–Trinajstić information content (AvgIpc) is 2.50. The lowest BCUT2D eigenvalue weighted by Gasteiger charge is -2.11. The van der Waals surface area contributed by atoms with Crippen LogP contribution in [0.5, 0.6) is 23.0 Å². The van der Waals surface area contributed by atoms with Crippen molar-refractivity contribution in [3.8, 4) is 23.0 Å². The Kier molecular flexibility index (Phi) is 5.48. The summed E-state index contributed by atoms with van der Waals surface area (Å²) in [6.07, 6.45) is 0. The van der Waals surface area contributed by atoms with Crippen LogP contribution in [0, 0.1) is 0 Å². The standard InChI is InChI=1S/C14H13BCl2O4/c1-18-9-3-5-13(11(16)7-9)20-15-21-14-6-4-10(19-2)8-12(14)17/h3-8,15H,1-2H3. The van der Waals surface area contributed by atoms with E-state index in [0.717, 1.165) is 0 Å². The Morgan fingerprint density at radius 3 is 1.52 bits per heavy atom. The van der Waals surface area contributed by atoms with Crippen LogP contribution >= 0.6 is 23.2 Å². The highest BCUT2D eigenvalue weighted by molar-refractivity contribution is 6.34. The summed E-state index contributed by atoms with van der Waals surface area (Å²) in [7, 11) is 3.13. The largest absolute Gasteiger partial charge is 0.576 e. The number of rotatable bonds is 6. The van der Waals surface area contributed by atoms with Gasteiger partial charge in [0.15, 0.2) is 0 Å². The summed E-state index contributed by atoms with van der Waals surface area (Å²) in [4.78, 5) is 0. The van der Waals surface area contributed by atoms with Gasteiger partial charge in [0.2, 0.25) is 0 Å². The van der Waals surface area contributed by atoms with Crippen molar-refractivity contribution < 1.29 is 18.8 Å². The van der Waals surface area contributed by atoms with Crippen LogP contribution in [-0.4, -0.2) is 21.9 Å². The number of ether oxygens (including phenoxy) is 2. The van der Waals surface area contributed by atoms with Crippen LogP contribution in [0.1, 0.15) is 0 Å². The summed E-state index contributed by atoms with van der Waals surface area (Å²) in [5, 5.41) is 0.887. The molecule has 0 aliphatic heterocycles. The van der Waals surface area contributed by atoms with Gasteiger partial charge in [-0.05, 0) is 24.3 Å². The maximum absolute atomic E-state index is 6.06. The van der Waals surface area contributed by atoms with Gasteiger partial charge in [0.1, 0.15) is 23.0 Å². The molecule has 0 aliphatic carbocycles. The van der Waals surface area contributed by atoms with E-state index in [1.807, 2.05) is 0 Å². The topological polar surface area (TPSA) is 36.9 Å². The molecule has 0 amide bonds. The van der Waals surface area contributed by atoms with Crippen molar-refractivity contribution in [1.29, 1.82) is 0 Å². The highest BCUT2D eigenvalue weighted by Crippen LogP contribution is 2.30. The Labute approximate surface area is 133 Å². The van der Waals surface area contributed by atoms with E-state index in [2.05, 4.69) is 0 Å². The fraction of sp³-hybridized carbons (Fsp3) is 0.143. The van der Waals surface area contributed by atoms with Gasteiger partial charge in [-0.2, -0.15) is 0 Å². The molecule has 0 N–H and O–H groups in total. The van der Waals surface area contributed by atoms with Gasteiger partial charge >= 0.3 is 7.69 Å². The van der Waals surface area contributed by atoms with Gasteiger partial charge in [-0.15, -0.1) is 0 Å². The molecule has 0 fully saturated rings. The number of halogens is 2. The summed E-state index contributed by atoms with van der Waals surface area (Å²) in [5.74, 6) is 2.32. The zero-order chi connectivity index (χ0) is 15.2. The molecule has 2 rings (SSSR count). The van der Waals surface area contributed by atoms with Crippen molar-refractivity contribution in [2.24, 2.45) is 0 Å². The first-order chi connectivity index (χ1) is 10.1. The predicted octanol–water partition coefficient (Wildman–Crippen LogP) is 3.73. The molecule has 2 aromatic rings. The lowest BCUT2D eigenvalue weighted by atomic mass is 10.2. The molecule has 110 valence electrons. The highest BCUT2D eigenvalue weighted by Gasteiger charge is 2.08. The molecule has 0 aromatic heterocycles. The first kappa shape index (κ1) is 15.7. The fourth-order valence-electron chi connectivity index (χ4n) is 1.61. The van der Waals surface area contributed by atoms with E-state index in [0.29, 0.717) is 33.0 Å². The zero-order valence-electron chi connectivity index (χ0n) is 11.6. The quantitative estimate of drug-likeness (QED) is 0.758. The third-order valence-electron chi connectivity index (χ3n) is 2.71. The molecular weight excluding hydrogens is 314 g/mol. The van der Waals surface area contributed by atoms with Gasteiger partial charge in [0.25, 0.3) is 0 Å². The monoisotopic (exact) mass is 326 g/mol. The van der Waals surface area contributed by atoms with Crippen LogP contribution in [0.15, 0.2) is 36.4 Å². The van der Waals surface area contributed by atoms with Gasteiger partial charge in [-0.3, -0.25) is 0 Å². The molecular formula is C14H13BCl2O4. The minimum Gasteiger partial charge on any atom is -0.527 e. The maximum atomic E-state index is 6.06. The minimum absolute atomic E-state index is 0.0158. The molecule has 21 heavy (non-hydrogen) atoms. The third kappa shape index (κ3) is 4.13. The Morgan fingerprint density at radius 2 is 1.19 bits per heavy atom. The summed E-state index contributed by atoms with van der Waals surface area (Å²) >= 11 is 12.1. The number of methoxy groups -OCH3 is 2. The molecule has 0 atom stereocenters. The third-order valence-corrected chi connectivity index (χ3v) is 3.30. The molecule has 0 heterocycles. The number of hydrogen-bond donors (Lipinski definition) is 0. The van der Waals surface area contributed by atoms with Crippen molar-refractivity contribution in [3.63, 3.8) is 0 Å². The molecule has 0 saturated heterocycles. The van der Waals surface area contributed by atoms with Crippen molar-refractivity contribution in [1.82, 2.24) is 0 Å². The predicted molar refractivity (Wildman–Crippen MR) is 84.4 cm³/mol. The van der Waals surface area contributed by atoms with Crippen molar-refractivity contribution in [2.75, 3.05) is 14.2 Å². The van der Waals surface area contributed by atoms with Gasteiger partial charge in [-0.25, -0.2) is 0 Å². The van der Waals surface area contributed by atoms with Crippen molar-refractivity contribution in [3.05, 3.63) is 46.4 Å². The number of benzene rings is 2. The Bertz CT molecular complexity index is 568. The summed E-state index contributed by atoms with van der Waals surface area (Å²) in [5.41, 5.74) is 0. The first-order valence-electron chi connectivity index (χ1n) is 6.06.